The second-order valence-electron chi connectivity index (χ2n) is 6.89. The summed E-state index contributed by atoms with van der Waals surface area (Å²) in [6, 6.07) is 14.1. The van der Waals surface area contributed by atoms with Crippen LogP contribution in [-0.4, -0.2) is 43.2 Å². The highest BCUT2D eigenvalue weighted by Gasteiger charge is 2.24. The number of hydrogen-bond acceptors (Lipinski definition) is 3. The molecule has 2 rings (SSSR count). The zero-order valence-electron chi connectivity index (χ0n) is 16.6. The Morgan fingerprint density at radius 2 is 1.74 bits per heavy atom. The van der Waals surface area contributed by atoms with Gasteiger partial charge in [0.25, 0.3) is 5.91 Å². The second-order valence-corrected chi connectivity index (χ2v) is 8.89. The quantitative estimate of drug-likeness (QED) is 0.727. The molecule has 0 N–H and O–H groups in total. The number of sulfonamides is 1. The van der Waals surface area contributed by atoms with Gasteiger partial charge in [-0.15, -0.1) is 0 Å². The molecule has 0 fully saturated rings. The molecule has 0 unspecified atom stereocenters. The van der Waals surface area contributed by atoms with Crippen LogP contribution in [0.25, 0.3) is 0 Å². The Kier molecular flexibility index (Phi) is 6.78. The molecule has 2 aromatic rings. The molecule has 0 bridgehead atoms. The number of nitrogens with zero attached hydrogens (tertiary/aromatic N) is 2. The van der Waals surface area contributed by atoms with Crippen molar-refractivity contribution in [3.63, 3.8) is 0 Å². The van der Waals surface area contributed by atoms with Crippen molar-refractivity contribution in [2.75, 3.05) is 13.6 Å². The number of hydrogen-bond donors (Lipinski definition) is 0. The third-order valence-electron chi connectivity index (χ3n) is 4.78. The summed E-state index contributed by atoms with van der Waals surface area (Å²) < 4.78 is 26.8. The van der Waals surface area contributed by atoms with Gasteiger partial charge >= 0.3 is 0 Å². The molecule has 146 valence electrons. The van der Waals surface area contributed by atoms with Crippen molar-refractivity contribution >= 4 is 15.9 Å². The van der Waals surface area contributed by atoms with E-state index < -0.39 is 10.0 Å². The third-order valence-corrected chi connectivity index (χ3v) is 6.81. The van der Waals surface area contributed by atoms with Crippen LogP contribution < -0.4 is 0 Å². The van der Waals surface area contributed by atoms with Gasteiger partial charge in [0.1, 0.15) is 0 Å². The summed E-state index contributed by atoms with van der Waals surface area (Å²) in [5, 5.41) is 0. The van der Waals surface area contributed by atoms with Crippen molar-refractivity contribution in [1.82, 2.24) is 9.21 Å². The van der Waals surface area contributed by atoms with Gasteiger partial charge in [-0.3, -0.25) is 4.79 Å². The van der Waals surface area contributed by atoms with Crippen molar-refractivity contribution in [2.24, 2.45) is 0 Å². The van der Waals surface area contributed by atoms with Crippen LogP contribution in [0.1, 0.15) is 42.3 Å². The Balaban J connectivity index is 2.32. The number of amides is 1. The number of rotatable bonds is 7. The molecule has 0 saturated carbocycles. The minimum absolute atomic E-state index is 0.136. The normalized spacial score (nSPS) is 11.8. The first-order chi connectivity index (χ1) is 12.7. The van der Waals surface area contributed by atoms with Gasteiger partial charge in [0, 0.05) is 31.7 Å². The van der Waals surface area contributed by atoms with Gasteiger partial charge in [-0.05, 0) is 57.0 Å². The average Bonchev–Trinajstić information content (AvgIpc) is 2.66. The molecule has 6 heteroatoms. The summed E-state index contributed by atoms with van der Waals surface area (Å²) in [5.41, 5.74) is 2.58. The Morgan fingerprint density at radius 3 is 2.33 bits per heavy atom. The lowest BCUT2D eigenvalue weighted by Crippen LogP contribution is -2.33. The number of carbonyl (C=O) groups excluding carboxylic acids is 1. The molecule has 0 aromatic heterocycles. The van der Waals surface area contributed by atoms with Crippen molar-refractivity contribution in [3.05, 3.63) is 65.2 Å². The van der Waals surface area contributed by atoms with Crippen LogP contribution in [0.4, 0.5) is 0 Å². The minimum atomic E-state index is -3.63. The summed E-state index contributed by atoms with van der Waals surface area (Å²) >= 11 is 0. The molecule has 27 heavy (non-hydrogen) atoms. The third kappa shape index (κ3) is 4.76. The molecule has 0 atom stereocenters. The SMILES string of the molecule is CCN(Cc1ccccc1C)C(=O)c1cccc(S(=O)(=O)N(C)C(C)C)c1. The summed E-state index contributed by atoms with van der Waals surface area (Å²) in [6.45, 7) is 8.59. The van der Waals surface area contributed by atoms with Gasteiger partial charge in [-0.2, -0.15) is 4.31 Å². The summed E-state index contributed by atoms with van der Waals surface area (Å²) in [6.07, 6.45) is 0. The molecule has 1 amide bonds. The molecular formula is C21H28N2O3S. The van der Waals surface area contributed by atoms with E-state index in [0.29, 0.717) is 18.7 Å². The Labute approximate surface area is 162 Å². The minimum Gasteiger partial charge on any atom is -0.335 e. The summed E-state index contributed by atoms with van der Waals surface area (Å²) in [4.78, 5) is 14.9. The molecule has 2 aromatic carbocycles. The first-order valence-corrected chi connectivity index (χ1v) is 10.5. The van der Waals surface area contributed by atoms with E-state index in [0.717, 1.165) is 11.1 Å². The number of aryl methyl sites for hydroxylation is 1. The fourth-order valence-electron chi connectivity index (χ4n) is 2.74. The highest BCUT2D eigenvalue weighted by Crippen LogP contribution is 2.20. The lowest BCUT2D eigenvalue weighted by Gasteiger charge is -2.23. The van der Waals surface area contributed by atoms with E-state index in [4.69, 9.17) is 0 Å². The molecule has 0 heterocycles. The Morgan fingerprint density at radius 1 is 1.07 bits per heavy atom. The van der Waals surface area contributed by atoms with Gasteiger partial charge in [0.2, 0.25) is 10.0 Å². The molecule has 0 saturated heterocycles. The zero-order chi connectivity index (χ0) is 20.2. The lowest BCUT2D eigenvalue weighted by atomic mass is 10.1. The van der Waals surface area contributed by atoms with Crippen LogP contribution in [0.5, 0.6) is 0 Å². The van der Waals surface area contributed by atoms with Crippen LogP contribution in [0.2, 0.25) is 0 Å². The fourth-order valence-corrected chi connectivity index (χ4v) is 4.15. The maximum atomic E-state index is 13.0. The largest absolute Gasteiger partial charge is 0.335 e. The van der Waals surface area contributed by atoms with Gasteiger partial charge < -0.3 is 4.90 Å². The second kappa shape index (κ2) is 8.67. The Bertz CT molecular complexity index is 907. The van der Waals surface area contributed by atoms with Gasteiger partial charge in [-0.1, -0.05) is 30.3 Å². The highest BCUT2D eigenvalue weighted by molar-refractivity contribution is 7.89. The zero-order valence-corrected chi connectivity index (χ0v) is 17.5. The van der Waals surface area contributed by atoms with E-state index in [1.54, 1.807) is 24.1 Å². The lowest BCUT2D eigenvalue weighted by molar-refractivity contribution is 0.0752. The first-order valence-electron chi connectivity index (χ1n) is 9.10. The van der Waals surface area contributed by atoms with Crippen LogP contribution in [0.15, 0.2) is 53.4 Å². The monoisotopic (exact) mass is 388 g/mol. The van der Waals surface area contributed by atoms with E-state index in [1.165, 1.54) is 16.4 Å². The average molecular weight is 389 g/mol. The van der Waals surface area contributed by atoms with Crippen molar-refractivity contribution in [1.29, 1.82) is 0 Å². The highest BCUT2D eigenvalue weighted by atomic mass is 32.2. The molecule has 0 radical (unpaired) electrons. The van der Waals surface area contributed by atoms with E-state index in [1.807, 2.05) is 52.0 Å². The van der Waals surface area contributed by atoms with Crippen LogP contribution in [0, 0.1) is 6.92 Å². The molecule has 0 aliphatic carbocycles. The predicted octanol–water partition coefficient (Wildman–Crippen LogP) is 3.69. The first kappa shape index (κ1) is 21.1. The maximum Gasteiger partial charge on any atom is 0.254 e. The molecule has 5 nitrogen and oxygen atoms in total. The van der Waals surface area contributed by atoms with E-state index in [9.17, 15) is 13.2 Å². The smallest absolute Gasteiger partial charge is 0.254 e. The van der Waals surface area contributed by atoms with E-state index in [-0.39, 0.29) is 16.8 Å². The topological polar surface area (TPSA) is 57.7 Å². The van der Waals surface area contributed by atoms with Crippen molar-refractivity contribution in [2.45, 2.75) is 45.2 Å². The van der Waals surface area contributed by atoms with Gasteiger partial charge in [-0.25, -0.2) is 8.42 Å². The standard InChI is InChI=1S/C21H28N2O3S/c1-6-23(15-19-11-8-7-10-17(19)4)21(24)18-12-9-13-20(14-18)27(25,26)22(5)16(2)3/h7-14,16H,6,15H2,1-5H3. The van der Waals surface area contributed by atoms with Crippen LogP contribution >= 0.6 is 0 Å². The summed E-state index contributed by atoms with van der Waals surface area (Å²) in [7, 11) is -2.08. The van der Waals surface area contributed by atoms with E-state index in [2.05, 4.69) is 0 Å². The maximum absolute atomic E-state index is 13.0. The van der Waals surface area contributed by atoms with Crippen LogP contribution in [0.3, 0.4) is 0 Å². The summed E-state index contributed by atoms with van der Waals surface area (Å²) in [5.74, 6) is -0.176. The Hall–Kier alpha value is -2.18. The molecule has 0 aliphatic rings. The van der Waals surface area contributed by atoms with E-state index >= 15 is 0 Å². The van der Waals surface area contributed by atoms with Crippen molar-refractivity contribution < 1.29 is 13.2 Å². The van der Waals surface area contributed by atoms with Crippen molar-refractivity contribution in [3.8, 4) is 0 Å². The van der Waals surface area contributed by atoms with Gasteiger partial charge in [0.05, 0.1) is 4.90 Å². The number of carbonyl (C=O) groups is 1. The molecule has 0 spiro atoms. The number of benzene rings is 2. The van der Waals surface area contributed by atoms with Gasteiger partial charge in [0.15, 0.2) is 0 Å². The fraction of sp³-hybridized carbons (Fsp3) is 0.381. The predicted molar refractivity (Wildman–Crippen MR) is 108 cm³/mol. The molecular weight excluding hydrogens is 360 g/mol. The molecule has 0 aliphatic heterocycles. The van der Waals surface area contributed by atoms with Crippen LogP contribution in [-0.2, 0) is 16.6 Å².